The van der Waals surface area contributed by atoms with Crippen LogP contribution in [0.25, 0.3) is 0 Å². The Morgan fingerprint density at radius 2 is 2.05 bits per heavy atom. The zero-order valence-corrected chi connectivity index (χ0v) is 10.3. The van der Waals surface area contributed by atoms with Gasteiger partial charge in [0.25, 0.3) is 5.88 Å². The van der Waals surface area contributed by atoms with Gasteiger partial charge in [0.15, 0.2) is 5.75 Å². The number of alkyl halides is 3. The third kappa shape index (κ3) is 4.65. The van der Waals surface area contributed by atoms with Crippen LogP contribution in [0.2, 0.25) is 0 Å². The van der Waals surface area contributed by atoms with Gasteiger partial charge in [-0.05, 0) is 26.0 Å². The summed E-state index contributed by atoms with van der Waals surface area (Å²) in [4.78, 5) is 14.7. The fraction of sp³-hybridized carbons (Fsp3) is 0.455. The molecule has 0 atom stereocenters. The lowest BCUT2D eigenvalue weighted by molar-refractivity contribution is -0.275. The van der Waals surface area contributed by atoms with E-state index in [4.69, 9.17) is 10.5 Å². The van der Waals surface area contributed by atoms with Crippen LogP contribution in [0.3, 0.4) is 0 Å². The number of nitrogens with zero attached hydrogens (tertiary/aromatic N) is 1. The van der Waals surface area contributed by atoms with Gasteiger partial charge in [0, 0.05) is 6.20 Å². The first-order chi connectivity index (χ1) is 8.62. The van der Waals surface area contributed by atoms with E-state index >= 15 is 0 Å². The number of carbonyl (C=O) groups excluding carboxylic acids is 1. The molecule has 2 N–H and O–H groups in total. The number of hydrogen-bond acceptors (Lipinski definition) is 4. The van der Waals surface area contributed by atoms with Gasteiger partial charge < -0.3 is 15.2 Å². The fourth-order valence-electron chi connectivity index (χ4n) is 1.01. The Morgan fingerprint density at radius 3 is 2.58 bits per heavy atom. The molecule has 0 saturated heterocycles. The molecule has 8 heteroatoms. The molecular weight excluding hydrogens is 265 g/mol. The maximum atomic E-state index is 12.1. The van der Waals surface area contributed by atoms with E-state index in [1.54, 1.807) is 0 Å². The van der Waals surface area contributed by atoms with Gasteiger partial charge in [0.05, 0.1) is 5.41 Å². The first kappa shape index (κ1) is 15.1. The third-order valence-corrected chi connectivity index (χ3v) is 2.20. The highest BCUT2D eigenvalue weighted by atomic mass is 19.4. The molecule has 106 valence electrons. The second kappa shape index (κ2) is 5.33. The topological polar surface area (TPSA) is 74.4 Å². The highest BCUT2D eigenvalue weighted by Gasteiger charge is 2.33. The first-order valence-electron chi connectivity index (χ1n) is 5.25. The molecule has 1 aromatic rings. The third-order valence-electron chi connectivity index (χ3n) is 2.20. The first-order valence-corrected chi connectivity index (χ1v) is 5.25. The van der Waals surface area contributed by atoms with Crippen molar-refractivity contribution < 1.29 is 27.4 Å². The monoisotopic (exact) mass is 278 g/mol. The SMILES string of the molecule is CC(C)(COc1ncccc1OC(F)(F)F)C(N)=O. The molecule has 0 unspecified atom stereocenters. The molecule has 0 aliphatic rings. The maximum absolute atomic E-state index is 12.1. The van der Waals surface area contributed by atoms with Crippen LogP contribution in [-0.4, -0.2) is 23.9 Å². The lowest BCUT2D eigenvalue weighted by atomic mass is 9.94. The predicted molar refractivity (Wildman–Crippen MR) is 59.4 cm³/mol. The number of rotatable bonds is 5. The van der Waals surface area contributed by atoms with Crippen molar-refractivity contribution in [2.24, 2.45) is 11.1 Å². The lowest BCUT2D eigenvalue weighted by Crippen LogP contribution is -2.36. The summed E-state index contributed by atoms with van der Waals surface area (Å²) in [6, 6.07) is 2.33. The summed E-state index contributed by atoms with van der Waals surface area (Å²) in [6.45, 7) is 2.79. The van der Waals surface area contributed by atoms with E-state index in [9.17, 15) is 18.0 Å². The molecule has 1 aromatic heterocycles. The van der Waals surface area contributed by atoms with E-state index in [-0.39, 0.29) is 12.5 Å². The van der Waals surface area contributed by atoms with E-state index in [0.717, 1.165) is 6.07 Å². The molecule has 0 bridgehead atoms. The summed E-state index contributed by atoms with van der Waals surface area (Å²) >= 11 is 0. The number of primary amides is 1. The molecule has 1 rings (SSSR count). The zero-order valence-electron chi connectivity index (χ0n) is 10.3. The van der Waals surface area contributed by atoms with Crippen LogP contribution < -0.4 is 15.2 Å². The highest BCUT2D eigenvalue weighted by Crippen LogP contribution is 2.30. The predicted octanol–water partition coefficient (Wildman–Crippen LogP) is 1.87. The number of carbonyl (C=O) groups is 1. The molecule has 1 amide bonds. The molecular formula is C11H13F3N2O3. The van der Waals surface area contributed by atoms with Crippen LogP contribution in [0.1, 0.15) is 13.8 Å². The van der Waals surface area contributed by atoms with Crippen LogP contribution in [0.5, 0.6) is 11.6 Å². The molecule has 0 aliphatic heterocycles. The van der Waals surface area contributed by atoms with Crippen molar-refractivity contribution in [1.82, 2.24) is 4.98 Å². The van der Waals surface area contributed by atoms with Crippen molar-refractivity contribution in [3.63, 3.8) is 0 Å². The lowest BCUT2D eigenvalue weighted by Gasteiger charge is -2.21. The summed E-state index contributed by atoms with van der Waals surface area (Å²) in [5.41, 5.74) is 4.09. The average Bonchev–Trinajstić information content (AvgIpc) is 2.25. The molecule has 0 spiro atoms. The standard InChI is InChI=1S/C11H13F3N2O3/c1-10(2,9(15)17)6-18-8-7(4-3-5-16-8)19-11(12,13)14/h3-5H,6H2,1-2H3,(H2,15,17). The van der Waals surface area contributed by atoms with Crippen molar-refractivity contribution in [2.75, 3.05) is 6.61 Å². The van der Waals surface area contributed by atoms with Gasteiger partial charge in [-0.2, -0.15) is 0 Å². The van der Waals surface area contributed by atoms with Gasteiger partial charge in [0.1, 0.15) is 6.61 Å². The second-order valence-corrected chi connectivity index (χ2v) is 4.39. The number of ether oxygens (including phenoxy) is 2. The van der Waals surface area contributed by atoms with Gasteiger partial charge in [-0.25, -0.2) is 4.98 Å². The number of halogens is 3. The van der Waals surface area contributed by atoms with Crippen LogP contribution in [0, 0.1) is 5.41 Å². The Hall–Kier alpha value is -1.99. The minimum Gasteiger partial charge on any atom is -0.474 e. The van der Waals surface area contributed by atoms with Crippen molar-refractivity contribution in [3.05, 3.63) is 18.3 Å². The van der Waals surface area contributed by atoms with Crippen LogP contribution in [-0.2, 0) is 4.79 Å². The van der Waals surface area contributed by atoms with Crippen LogP contribution in [0.4, 0.5) is 13.2 Å². The fourth-order valence-corrected chi connectivity index (χ4v) is 1.01. The molecule has 19 heavy (non-hydrogen) atoms. The Labute approximate surface area is 107 Å². The average molecular weight is 278 g/mol. The van der Waals surface area contributed by atoms with E-state index in [1.807, 2.05) is 0 Å². The number of aromatic nitrogens is 1. The van der Waals surface area contributed by atoms with Crippen molar-refractivity contribution in [1.29, 1.82) is 0 Å². The molecule has 0 radical (unpaired) electrons. The summed E-state index contributed by atoms with van der Waals surface area (Å²) in [6.07, 6.45) is -3.60. The van der Waals surface area contributed by atoms with Gasteiger partial charge >= 0.3 is 6.36 Å². The number of nitrogens with two attached hydrogens (primary N) is 1. The summed E-state index contributed by atoms with van der Waals surface area (Å²) in [7, 11) is 0. The second-order valence-electron chi connectivity index (χ2n) is 4.39. The summed E-state index contributed by atoms with van der Waals surface area (Å²) < 4.78 is 45.3. The van der Waals surface area contributed by atoms with Crippen LogP contribution >= 0.6 is 0 Å². The number of pyridine rings is 1. The van der Waals surface area contributed by atoms with Crippen LogP contribution in [0.15, 0.2) is 18.3 Å². The van der Waals surface area contributed by atoms with E-state index in [2.05, 4.69) is 9.72 Å². The van der Waals surface area contributed by atoms with Gasteiger partial charge in [-0.1, -0.05) is 0 Å². The van der Waals surface area contributed by atoms with Crippen molar-refractivity contribution in [2.45, 2.75) is 20.2 Å². The van der Waals surface area contributed by atoms with E-state index in [1.165, 1.54) is 26.1 Å². The quantitative estimate of drug-likeness (QED) is 0.892. The Kier molecular flexibility index (Phi) is 4.23. The number of amides is 1. The van der Waals surface area contributed by atoms with Gasteiger partial charge in [-0.3, -0.25) is 4.79 Å². The van der Waals surface area contributed by atoms with E-state index < -0.39 is 23.4 Å². The van der Waals surface area contributed by atoms with Gasteiger partial charge in [0.2, 0.25) is 5.91 Å². The van der Waals surface area contributed by atoms with Crippen molar-refractivity contribution >= 4 is 5.91 Å². The van der Waals surface area contributed by atoms with E-state index in [0.29, 0.717) is 0 Å². The minimum atomic E-state index is -4.85. The molecule has 5 nitrogen and oxygen atoms in total. The van der Waals surface area contributed by atoms with Crippen molar-refractivity contribution in [3.8, 4) is 11.6 Å². The highest BCUT2D eigenvalue weighted by molar-refractivity contribution is 5.80. The molecule has 0 fully saturated rings. The summed E-state index contributed by atoms with van der Waals surface area (Å²) in [5, 5.41) is 0. The Balaban J connectivity index is 2.82. The van der Waals surface area contributed by atoms with Gasteiger partial charge in [-0.15, -0.1) is 13.2 Å². The minimum absolute atomic E-state index is 0.215. The Morgan fingerprint density at radius 1 is 1.42 bits per heavy atom. The molecule has 0 aliphatic carbocycles. The molecule has 0 aromatic carbocycles. The Bertz CT molecular complexity index is 461. The largest absolute Gasteiger partial charge is 0.573 e. The summed E-state index contributed by atoms with van der Waals surface area (Å²) in [5.74, 6) is -1.56. The molecule has 1 heterocycles. The molecule has 0 saturated carbocycles. The smallest absolute Gasteiger partial charge is 0.474 e. The zero-order chi connectivity index (χ0) is 14.7. The number of hydrogen-bond donors (Lipinski definition) is 1. The normalized spacial score (nSPS) is 12.1. The maximum Gasteiger partial charge on any atom is 0.573 e.